The highest BCUT2D eigenvalue weighted by molar-refractivity contribution is 6.05. The summed E-state index contributed by atoms with van der Waals surface area (Å²) in [5.74, 6) is 1.35. The van der Waals surface area contributed by atoms with E-state index in [0.717, 1.165) is 36.5 Å². The van der Waals surface area contributed by atoms with Crippen LogP contribution in [0.25, 0.3) is 6.08 Å². The van der Waals surface area contributed by atoms with Gasteiger partial charge in [-0.2, -0.15) is 0 Å². The second-order valence-electron chi connectivity index (χ2n) is 10.1. The fraction of sp³-hybridized carbons (Fsp3) is 0.300. The van der Waals surface area contributed by atoms with Gasteiger partial charge in [-0.05, 0) is 67.3 Å². The third kappa shape index (κ3) is 4.99. The van der Waals surface area contributed by atoms with E-state index < -0.39 is 0 Å². The topological polar surface area (TPSA) is 102 Å². The number of carbonyl (C=O) groups excluding carboxylic acids is 2. The lowest BCUT2D eigenvalue weighted by molar-refractivity contribution is -0.111. The van der Waals surface area contributed by atoms with E-state index >= 15 is 0 Å². The van der Waals surface area contributed by atoms with Gasteiger partial charge in [-0.25, -0.2) is 0 Å². The van der Waals surface area contributed by atoms with Gasteiger partial charge in [0, 0.05) is 55.5 Å². The molecule has 1 aromatic heterocycles. The Morgan fingerprint density at radius 3 is 2.77 bits per heavy atom. The van der Waals surface area contributed by atoms with Crippen LogP contribution in [0.3, 0.4) is 0 Å². The first kappa shape index (κ1) is 24.8. The van der Waals surface area contributed by atoms with Crippen molar-refractivity contribution in [3.05, 3.63) is 87.8 Å². The van der Waals surface area contributed by atoms with Gasteiger partial charge in [-0.1, -0.05) is 12.1 Å². The molecule has 6 rings (SSSR count). The molecule has 0 radical (unpaired) electrons. The molecule has 2 amide bonds. The molecule has 2 aromatic carbocycles. The lowest BCUT2D eigenvalue weighted by atomic mass is 9.83. The number of benzene rings is 2. The molecule has 1 saturated heterocycles. The average molecular weight is 527 g/mol. The first-order valence-electron chi connectivity index (χ1n) is 13.2. The molecule has 3 aromatic rings. The summed E-state index contributed by atoms with van der Waals surface area (Å²) in [5, 5.41) is 5.83. The molecular formula is C30H30N4O5. The van der Waals surface area contributed by atoms with Crippen LogP contribution in [0.5, 0.6) is 11.5 Å². The van der Waals surface area contributed by atoms with Gasteiger partial charge in [0.05, 0.1) is 11.4 Å². The number of nitrogens with one attached hydrogen (secondary N) is 2. The first-order valence-corrected chi connectivity index (χ1v) is 13.2. The van der Waals surface area contributed by atoms with Gasteiger partial charge in [0.15, 0.2) is 11.5 Å². The van der Waals surface area contributed by atoms with Crippen molar-refractivity contribution >= 4 is 29.3 Å². The van der Waals surface area contributed by atoms with Crippen LogP contribution in [0.4, 0.5) is 11.4 Å². The minimum Gasteiger partial charge on any atom is -0.454 e. The highest BCUT2D eigenvalue weighted by Gasteiger charge is 2.35. The van der Waals surface area contributed by atoms with Gasteiger partial charge in [-0.3, -0.25) is 14.4 Å². The van der Waals surface area contributed by atoms with Gasteiger partial charge in [-0.15, -0.1) is 0 Å². The number of hydrogen-bond donors (Lipinski definition) is 2. The van der Waals surface area contributed by atoms with E-state index in [1.165, 1.54) is 6.08 Å². The molecule has 2 N–H and O–H groups in total. The van der Waals surface area contributed by atoms with E-state index in [4.69, 9.17) is 9.47 Å². The normalized spacial score (nSPS) is 19.1. The smallest absolute Gasteiger partial charge is 0.251 e. The summed E-state index contributed by atoms with van der Waals surface area (Å²) in [7, 11) is 0. The third-order valence-electron chi connectivity index (χ3n) is 7.50. The molecule has 0 aliphatic carbocycles. The zero-order valence-corrected chi connectivity index (χ0v) is 21.7. The molecule has 3 aliphatic heterocycles. The highest BCUT2D eigenvalue weighted by atomic mass is 16.7. The predicted octanol–water partition coefficient (Wildman–Crippen LogP) is 3.60. The van der Waals surface area contributed by atoms with Gasteiger partial charge in [0.25, 0.3) is 11.5 Å². The SMILES string of the molecule is CCNC(=O)c1ccc(N2C[C@H]3C[C@@H](C2)c2cccc(=O)n2C3)c(NC(=O)/C=C/c2ccc3c(c2)OCO3)c1. The Kier molecular flexibility index (Phi) is 6.56. The van der Waals surface area contributed by atoms with Crippen LogP contribution in [0.1, 0.15) is 40.9 Å². The molecule has 200 valence electrons. The number of pyridine rings is 1. The standard InChI is InChI=1S/C30H30N4O5/c1-2-31-30(37)21-8-9-25(33-15-20-12-22(17-33)24-4-3-5-29(36)34(24)16-20)23(14-21)32-28(35)11-7-19-6-10-26-27(13-19)39-18-38-26/h3-11,13-14,20,22H,2,12,15-18H2,1H3,(H,31,37)(H,32,35)/b11-7+/t20-,22+/m1/s1. The predicted molar refractivity (Wildman–Crippen MR) is 148 cm³/mol. The quantitative estimate of drug-likeness (QED) is 0.476. The number of nitrogens with zero attached hydrogens (tertiary/aromatic N) is 2. The summed E-state index contributed by atoms with van der Waals surface area (Å²) in [6.07, 6.45) is 4.20. The number of fused-ring (bicyclic) bond motifs is 5. The Bertz CT molecular complexity index is 1530. The van der Waals surface area contributed by atoms with Gasteiger partial charge in [0.2, 0.25) is 12.7 Å². The summed E-state index contributed by atoms with van der Waals surface area (Å²) >= 11 is 0. The molecule has 0 saturated carbocycles. The van der Waals surface area contributed by atoms with Crippen molar-refractivity contribution in [3.63, 3.8) is 0 Å². The van der Waals surface area contributed by atoms with Crippen molar-refractivity contribution < 1.29 is 19.1 Å². The van der Waals surface area contributed by atoms with E-state index in [1.807, 2.05) is 47.9 Å². The largest absolute Gasteiger partial charge is 0.454 e. The number of rotatable bonds is 6. The molecule has 39 heavy (non-hydrogen) atoms. The lowest BCUT2D eigenvalue weighted by Crippen LogP contribution is -2.47. The molecule has 9 nitrogen and oxygen atoms in total. The second kappa shape index (κ2) is 10.3. The molecule has 0 spiro atoms. The number of hydrogen-bond acceptors (Lipinski definition) is 6. The van der Waals surface area contributed by atoms with E-state index in [0.29, 0.717) is 41.8 Å². The second-order valence-corrected chi connectivity index (χ2v) is 10.1. The molecule has 9 heteroatoms. The number of anilines is 2. The lowest BCUT2D eigenvalue weighted by Gasteiger charge is -2.44. The third-order valence-corrected chi connectivity index (χ3v) is 7.50. The summed E-state index contributed by atoms with van der Waals surface area (Å²) in [6.45, 7) is 4.72. The zero-order chi connectivity index (χ0) is 26.9. The number of carbonyl (C=O) groups is 2. The van der Waals surface area contributed by atoms with Crippen LogP contribution in [0, 0.1) is 5.92 Å². The van der Waals surface area contributed by atoms with Crippen molar-refractivity contribution in [1.82, 2.24) is 9.88 Å². The summed E-state index contributed by atoms with van der Waals surface area (Å²) in [5.41, 5.74) is 3.82. The van der Waals surface area contributed by atoms with Crippen LogP contribution in [0.2, 0.25) is 0 Å². The van der Waals surface area contributed by atoms with Crippen LogP contribution in [-0.4, -0.2) is 42.8 Å². The molecule has 2 bridgehead atoms. The first-order chi connectivity index (χ1) is 19.0. The molecule has 0 unspecified atom stereocenters. The zero-order valence-electron chi connectivity index (χ0n) is 21.7. The Hall–Kier alpha value is -4.53. The van der Waals surface area contributed by atoms with E-state index in [2.05, 4.69) is 15.5 Å². The Balaban J connectivity index is 1.27. The highest BCUT2D eigenvalue weighted by Crippen LogP contribution is 2.39. The van der Waals surface area contributed by atoms with Crippen LogP contribution in [0.15, 0.2) is 65.5 Å². The van der Waals surface area contributed by atoms with Crippen LogP contribution < -0.4 is 30.6 Å². The number of ether oxygens (including phenoxy) is 2. The molecule has 4 heterocycles. The monoisotopic (exact) mass is 526 g/mol. The Morgan fingerprint density at radius 1 is 1.03 bits per heavy atom. The van der Waals surface area contributed by atoms with E-state index in [-0.39, 0.29) is 30.1 Å². The minimum atomic E-state index is -0.309. The number of amides is 2. The number of piperidine rings is 1. The fourth-order valence-electron chi connectivity index (χ4n) is 5.77. The van der Waals surface area contributed by atoms with Crippen LogP contribution >= 0.6 is 0 Å². The molecular weight excluding hydrogens is 496 g/mol. The minimum absolute atomic E-state index is 0.0455. The van der Waals surface area contributed by atoms with Crippen LogP contribution in [-0.2, 0) is 11.3 Å². The summed E-state index contributed by atoms with van der Waals surface area (Å²) in [6, 6.07) is 16.4. The Morgan fingerprint density at radius 2 is 1.90 bits per heavy atom. The summed E-state index contributed by atoms with van der Waals surface area (Å²) < 4.78 is 12.7. The van der Waals surface area contributed by atoms with Crippen molar-refractivity contribution in [2.24, 2.45) is 5.92 Å². The van der Waals surface area contributed by atoms with Gasteiger partial charge in [0.1, 0.15) is 0 Å². The molecule has 3 aliphatic rings. The van der Waals surface area contributed by atoms with Crippen molar-refractivity contribution in [1.29, 1.82) is 0 Å². The van der Waals surface area contributed by atoms with Crippen molar-refractivity contribution in [3.8, 4) is 11.5 Å². The maximum Gasteiger partial charge on any atom is 0.251 e. The number of aromatic nitrogens is 1. The van der Waals surface area contributed by atoms with Crippen molar-refractivity contribution in [2.45, 2.75) is 25.8 Å². The van der Waals surface area contributed by atoms with E-state index in [1.54, 1.807) is 24.3 Å². The maximum absolute atomic E-state index is 13.0. The molecule has 1 fully saturated rings. The summed E-state index contributed by atoms with van der Waals surface area (Å²) in [4.78, 5) is 40.3. The van der Waals surface area contributed by atoms with Gasteiger partial charge < -0.3 is 29.6 Å². The fourth-order valence-corrected chi connectivity index (χ4v) is 5.77. The van der Waals surface area contributed by atoms with Crippen molar-refractivity contribution in [2.75, 3.05) is 36.6 Å². The average Bonchev–Trinajstić information content (AvgIpc) is 3.41. The maximum atomic E-state index is 13.0. The Labute approximate surface area is 226 Å². The van der Waals surface area contributed by atoms with Gasteiger partial charge >= 0.3 is 0 Å². The van der Waals surface area contributed by atoms with E-state index in [9.17, 15) is 14.4 Å². The molecule has 2 atom stereocenters.